The fourth-order valence-electron chi connectivity index (χ4n) is 1.15. The van der Waals surface area contributed by atoms with Gasteiger partial charge in [-0.05, 0) is 0 Å². The maximum Gasteiger partial charge on any atom is 0.245 e. The van der Waals surface area contributed by atoms with Gasteiger partial charge in [0.1, 0.15) is 12.1 Å². The first-order chi connectivity index (χ1) is 6.54. The molecule has 0 aliphatic carbocycles. The largest absolute Gasteiger partial charge is 0.394 e. The molecule has 0 aromatic carbocycles. The van der Waals surface area contributed by atoms with Gasteiger partial charge in [-0.1, -0.05) is 0 Å². The third kappa shape index (κ3) is 2.19. The van der Waals surface area contributed by atoms with Crippen LogP contribution in [0.3, 0.4) is 0 Å². The van der Waals surface area contributed by atoms with Crippen molar-refractivity contribution in [2.75, 3.05) is 6.61 Å². The Morgan fingerprint density at radius 3 is 2.29 bits per heavy atom. The molecule has 14 heavy (non-hydrogen) atoms. The Kier molecular flexibility index (Phi) is 3.03. The third-order valence-corrected chi connectivity index (χ3v) is 1.85. The maximum absolute atomic E-state index is 11.2. The van der Waals surface area contributed by atoms with Gasteiger partial charge in [0.05, 0.1) is 13.0 Å². The van der Waals surface area contributed by atoms with E-state index >= 15 is 0 Å². The first kappa shape index (κ1) is 10.5. The van der Waals surface area contributed by atoms with Crippen molar-refractivity contribution in [3.05, 3.63) is 0 Å². The molecule has 7 nitrogen and oxygen atoms in total. The zero-order valence-corrected chi connectivity index (χ0v) is 7.32. The third-order valence-electron chi connectivity index (χ3n) is 1.85. The van der Waals surface area contributed by atoms with Crippen LogP contribution in [-0.4, -0.2) is 41.5 Å². The van der Waals surface area contributed by atoms with Crippen LogP contribution in [0.15, 0.2) is 0 Å². The summed E-state index contributed by atoms with van der Waals surface area (Å²) >= 11 is 0. The van der Waals surface area contributed by atoms with Gasteiger partial charge in [0.25, 0.3) is 0 Å². The average molecular weight is 201 g/mol. The molecule has 1 rings (SSSR count). The lowest BCUT2D eigenvalue weighted by Crippen LogP contribution is -2.63. The van der Waals surface area contributed by atoms with Crippen LogP contribution in [0.4, 0.5) is 0 Å². The maximum atomic E-state index is 11.2. The number of aliphatic hydroxyl groups excluding tert-OH is 1. The van der Waals surface area contributed by atoms with Crippen molar-refractivity contribution in [2.45, 2.75) is 18.5 Å². The van der Waals surface area contributed by atoms with Gasteiger partial charge in [0.15, 0.2) is 0 Å². The summed E-state index contributed by atoms with van der Waals surface area (Å²) < 4.78 is 0. The number of rotatable bonds is 3. The minimum Gasteiger partial charge on any atom is -0.394 e. The number of nitrogens with one attached hydrogen (secondary N) is 2. The van der Waals surface area contributed by atoms with Gasteiger partial charge in [-0.2, -0.15) is 0 Å². The SMILES string of the molecule is NC(=O)CC1NC(=O)C(CO)NC1=O. The van der Waals surface area contributed by atoms with E-state index in [4.69, 9.17) is 10.8 Å². The molecular formula is C7H11N3O4. The summed E-state index contributed by atoms with van der Waals surface area (Å²) in [6.07, 6.45) is -0.240. The first-order valence-corrected chi connectivity index (χ1v) is 4.04. The highest BCUT2D eigenvalue weighted by molar-refractivity contribution is 5.99. The number of aliphatic hydroxyl groups is 1. The monoisotopic (exact) mass is 201 g/mol. The van der Waals surface area contributed by atoms with Crippen molar-refractivity contribution in [3.63, 3.8) is 0 Å². The minimum atomic E-state index is -0.938. The van der Waals surface area contributed by atoms with Gasteiger partial charge >= 0.3 is 0 Å². The van der Waals surface area contributed by atoms with E-state index in [-0.39, 0.29) is 6.42 Å². The van der Waals surface area contributed by atoms with E-state index in [1.165, 1.54) is 0 Å². The number of nitrogens with two attached hydrogens (primary N) is 1. The lowest BCUT2D eigenvalue weighted by atomic mass is 10.1. The molecule has 0 radical (unpaired) electrons. The molecule has 0 spiro atoms. The zero-order chi connectivity index (χ0) is 10.7. The Hall–Kier alpha value is -1.63. The standard InChI is InChI=1S/C7H11N3O4/c8-5(12)1-3-6(13)10-4(2-11)7(14)9-3/h3-4,11H,1-2H2,(H2,8,12)(H,9,14)(H,10,13). The molecule has 0 aromatic heterocycles. The van der Waals surface area contributed by atoms with E-state index < -0.39 is 36.4 Å². The molecule has 0 aromatic rings. The quantitative estimate of drug-likeness (QED) is 0.385. The molecule has 1 aliphatic rings. The molecule has 3 amide bonds. The van der Waals surface area contributed by atoms with Gasteiger partial charge in [-0.15, -0.1) is 0 Å². The highest BCUT2D eigenvalue weighted by atomic mass is 16.3. The van der Waals surface area contributed by atoms with E-state index in [0.717, 1.165) is 0 Å². The second-order valence-corrected chi connectivity index (χ2v) is 2.98. The summed E-state index contributed by atoms with van der Waals surface area (Å²) in [7, 11) is 0. The van der Waals surface area contributed by atoms with Crippen molar-refractivity contribution in [2.24, 2.45) is 5.73 Å². The van der Waals surface area contributed by atoms with Crippen LogP contribution >= 0.6 is 0 Å². The Morgan fingerprint density at radius 2 is 1.79 bits per heavy atom. The summed E-state index contributed by atoms with van der Waals surface area (Å²) in [6, 6.07) is -1.87. The van der Waals surface area contributed by atoms with Gasteiger partial charge in [-0.3, -0.25) is 14.4 Å². The van der Waals surface area contributed by atoms with Crippen LogP contribution in [0.25, 0.3) is 0 Å². The van der Waals surface area contributed by atoms with Gasteiger partial charge in [-0.25, -0.2) is 0 Å². The van der Waals surface area contributed by atoms with E-state index in [1.54, 1.807) is 0 Å². The summed E-state index contributed by atoms with van der Waals surface area (Å²) in [4.78, 5) is 32.8. The van der Waals surface area contributed by atoms with Crippen LogP contribution in [0.2, 0.25) is 0 Å². The van der Waals surface area contributed by atoms with Crippen molar-refractivity contribution in [3.8, 4) is 0 Å². The van der Waals surface area contributed by atoms with Crippen LogP contribution in [0, 0.1) is 0 Å². The molecule has 1 heterocycles. The van der Waals surface area contributed by atoms with E-state index in [0.29, 0.717) is 0 Å². The number of hydrogen-bond acceptors (Lipinski definition) is 4. The minimum absolute atomic E-state index is 0.240. The number of carbonyl (C=O) groups excluding carboxylic acids is 3. The lowest BCUT2D eigenvalue weighted by molar-refractivity contribution is -0.139. The molecule has 0 saturated carbocycles. The van der Waals surface area contributed by atoms with Crippen molar-refractivity contribution in [1.29, 1.82) is 0 Å². The summed E-state index contributed by atoms with van der Waals surface area (Å²) in [5.74, 6) is -1.70. The molecule has 78 valence electrons. The first-order valence-electron chi connectivity index (χ1n) is 4.04. The fraction of sp³-hybridized carbons (Fsp3) is 0.571. The fourth-order valence-corrected chi connectivity index (χ4v) is 1.15. The number of piperazine rings is 1. The van der Waals surface area contributed by atoms with Crippen LogP contribution in [0.5, 0.6) is 0 Å². The predicted octanol–water partition coefficient (Wildman–Crippen LogP) is -3.16. The average Bonchev–Trinajstić information content (AvgIpc) is 2.10. The zero-order valence-electron chi connectivity index (χ0n) is 7.32. The van der Waals surface area contributed by atoms with Crippen molar-refractivity contribution >= 4 is 17.7 Å². The molecule has 1 aliphatic heterocycles. The Balaban J connectivity index is 2.62. The van der Waals surface area contributed by atoms with Crippen LogP contribution < -0.4 is 16.4 Å². The Bertz CT molecular complexity index is 278. The van der Waals surface area contributed by atoms with E-state index in [9.17, 15) is 14.4 Å². The molecule has 1 fully saturated rings. The van der Waals surface area contributed by atoms with Gasteiger partial charge in [0, 0.05) is 0 Å². The highest BCUT2D eigenvalue weighted by Gasteiger charge is 2.33. The molecule has 2 unspecified atom stereocenters. The van der Waals surface area contributed by atoms with E-state index in [1.807, 2.05) is 0 Å². The molecule has 0 bridgehead atoms. The Labute approximate surface area is 79.6 Å². The lowest BCUT2D eigenvalue weighted by Gasteiger charge is -2.27. The molecule has 2 atom stereocenters. The summed E-state index contributed by atoms with van der Waals surface area (Å²) in [5, 5.41) is 13.2. The van der Waals surface area contributed by atoms with Gasteiger partial charge in [0.2, 0.25) is 17.7 Å². The molecule has 7 heteroatoms. The summed E-state index contributed by atoms with van der Waals surface area (Å²) in [5.41, 5.74) is 4.88. The number of hydrogen-bond donors (Lipinski definition) is 4. The Morgan fingerprint density at radius 1 is 1.29 bits per heavy atom. The smallest absolute Gasteiger partial charge is 0.245 e. The van der Waals surface area contributed by atoms with Crippen molar-refractivity contribution in [1.82, 2.24) is 10.6 Å². The number of primary amides is 1. The molecule has 1 saturated heterocycles. The van der Waals surface area contributed by atoms with Crippen molar-refractivity contribution < 1.29 is 19.5 Å². The second-order valence-electron chi connectivity index (χ2n) is 2.98. The summed E-state index contributed by atoms with van der Waals surface area (Å²) in [6.45, 7) is -0.471. The topological polar surface area (TPSA) is 122 Å². The number of carbonyl (C=O) groups is 3. The molecule has 5 N–H and O–H groups in total. The second kappa shape index (κ2) is 4.05. The van der Waals surface area contributed by atoms with Crippen LogP contribution in [0.1, 0.15) is 6.42 Å². The number of amides is 3. The van der Waals surface area contributed by atoms with Gasteiger partial charge < -0.3 is 21.5 Å². The predicted molar refractivity (Wildman–Crippen MR) is 44.8 cm³/mol. The highest BCUT2D eigenvalue weighted by Crippen LogP contribution is 2.00. The molecular weight excluding hydrogens is 190 g/mol. The van der Waals surface area contributed by atoms with E-state index in [2.05, 4.69) is 10.6 Å². The normalized spacial score (nSPS) is 26.6. The van der Waals surface area contributed by atoms with Crippen LogP contribution in [-0.2, 0) is 14.4 Å².